The Kier molecular flexibility index (Phi) is 3.84. The Balaban J connectivity index is 2.33. The molecule has 0 aliphatic rings. The van der Waals surface area contributed by atoms with E-state index >= 15 is 0 Å². The van der Waals surface area contributed by atoms with Gasteiger partial charge in [-0.05, 0) is 30.7 Å². The van der Waals surface area contributed by atoms with Crippen LogP contribution in [0, 0.1) is 22.9 Å². The molecular weight excluding hydrogens is 277 g/mol. The van der Waals surface area contributed by atoms with E-state index in [9.17, 15) is 19.3 Å². The first-order valence-electron chi connectivity index (χ1n) is 6.00. The quantitative estimate of drug-likeness (QED) is 0.515. The number of halogens is 1. The minimum atomic E-state index is -0.696. The maximum atomic E-state index is 13.2. The van der Waals surface area contributed by atoms with Crippen molar-refractivity contribution in [2.24, 2.45) is 0 Å². The van der Waals surface area contributed by atoms with Crippen LogP contribution in [0.15, 0.2) is 36.4 Å². The number of nitrogens with zero attached hydrogens (tertiary/aromatic N) is 1. The zero-order valence-electron chi connectivity index (χ0n) is 11.1. The van der Waals surface area contributed by atoms with Crippen molar-refractivity contribution in [3.8, 4) is 0 Å². The highest BCUT2D eigenvalue weighted by molar-refractivity contribution is 6.06. The number of carbonyl (C=O) groups excluding carboxylic acids is 1. The molecule has 0 fully saturated rings. The predicted molar refractivity (Wildman–Crippen MR) is 76.6 cm³/mol. The first-order chi connectivity index (χ1) is 9.88. The molecule has 0 bridgehead atoms. The Morgan fingerprint density at radius 2 is 2.00 bits per heavy atom. The lowest BCUT2D eigenvalue weighted by Gasteiger charge is -2.08. The third-order valence-electron chi connectivity index (χ3n) is 2.94. The first kappa shape index (κ1) is 14.4. The molecule has 7 heteroatoms. The van der Waals surface area contributed by atoms with Crippen molar-refractivity contribution in [1.82, 2.24) is 0 Å². The second-order valence-electron chi connectivity index (χ2n) is 4.44. The highest BCUT2D eigenvalue weighted by Crippen LogP contribution is 2.25. The summed E-state index contributed by atoms with van der Waals surface area (Å²) in [5, 5.41) is 13.2. The van der Waals surface area contributed by atoms with E-state index in [1.165, 1.54) is 12.1 Å². The molecule has 0 unspecified atom stereocenters. The van der Waals surface area contributed by atoms with Crippen molar-refractivity contribution in [3.05, 3.63) is 63.5 Å². The molecule has 0 atom stereocenters. The van der Waals surface area contributed by atoms with Crippen LogP contribution in [-0.2, 0) is 0 Å². The molecule has 0 spiro atoms. The summed E-state index contributed by atoms with van der Waals surface area (Å²) in [5.74, 6) is -1.28. The van der Waals surface area contributed by atoms with E-state index in [2.05, 4.69) is 5.32 Å². The Bertz CT molecular complexity index is 731. The largest absolute Gasteiger partial charge is 0.398 e. The first-order valence-corrected chi connectivity index (χ1v) is 6.00. The van der Waals surface area contributed by atoms with E-state index in [1.54, 1.807) is 13.0 Å². The van der Waals surface area contributed by atoms with E-state index in [0.29, 0.717) is 5.69 Å². The highest BCUT2D eigenvalue weighted by atomic mass is 19.1. The van der Waals surface area contributed by atoms with Crippen LogP contribution < -0.4 is 11.1 Å². The van der Waals surface area contributed by atoms with Crippen molar-refractivity contribution in [1.29, 1.82) is 0 Å². The van der Waals surface area contributed by atoms with Crippen LogP contribution in [-0.4, -0.2) is 10.8 Å². The Hall–Kier alpha value is -2.96. The molecule has 0 saturated carbocycles. The molecule has 2 aromatic rings. The smallest absolute Gasteiger partial charge is 0.292 e. The van der Waals surface area contributed by atoms with Gasteiger partial charge in [-0.25, -0.2) is 4.39 Å². The molecular formula is C14H12FN3O3. The second-order valence-corrected chi connectivity index (χ2v) is 4.44. The fourth-order valence-electron chi connectivity index (χ4n) is 1.74. The molecule has 2 rings (SSSR count). The standard InChI is InChI=1S/C14H12FN3O3/c1-8-2-3-9(6-11(8)16)14(19)17-12-7-10(15)4-5-13(12)18(20)21/h2-7H,16H2,1H3,(H,17,19). The molecule has 3 N–H and O–H groups in total. The number of nitro groups is 1. The molecule has 0 saturated heterocycles. The SMILES string of the molecule is Cc1ccc(C(=O)Nc2cc(F)ccc2[N+](=O)[O-])cc1N. The van der Waals surface area contributed by atoms with Gasteiger partial charge in [0, 0.05) is 23.4 Å². The number of anilines is 2. The summed E-state index contributed by atoms with van der Waals surface area (Å²) in [6.45, 7) is 1.79. The van der Waals surface area contributed by atoms with Crippen LogP contribution >= 0.6 is 0 Å². The summed E-state index contributed by atoms with van der Waals surface area (Å²) in [6, 6.07) is 7.49. The molecule has 0 aliphatic heterocycles. The van der Waals surface area contributed by atoms with Gasteiger partial charge >= 0.3 is 0 Å². The van der Waals surface area contributed by atoms with Gasteiger partial charge in [0.1, 0.15) is 11.5 Å². The number of aryl methyl sites for hydroxylation is 1. The Morgan fingerprint density at radius 3 is 2.62 bits per heavy atom. The molecule has 2 aromatic carbocycles. The van der Waals surface area contributed by atoms with Gasteiger partial charge in [-0.1, -0.05) is 6.07 Å². The Labute approximate surface area is 119 Å². The summed E-state index contributed by atoms with van der Waals surface area (Å²) in [7, 11) is 0. The molecule has 0 radical (unpaired) electrons. The van der Waals surface area contributed by atoms with Crippen LogP contribution in [0.1, 0.15) is 15.9 Å². The predicted octanol–water partition coefficient (Wildman–Crippen LogP) is 2.88. The van der Waals surface area contributed by atoms with Crippen molar-refractivity contribution < 1.29 is 14.1 Å². The van der Waals surface area contributed by atoms with E-state index < -0.39 is 16.6 Å². The number of rotatable bonds is 3. The number of benzene rings is 2. The molecule has 1 amide bonds. The van der Waals surface area contributed by atoms with Crippen LogP contribution in [0.2, 0.25) is 0 Å². The van der Waals surface area contributed by atoms with Crippen LogP contribution in [0.5, 0.6) is 0 Å². The third kappa shape index (κ3) is 3.14. The van der Waals surface area contributed by atoms with E-state index in [-0.39, 0.29) is 16.9 Å². The van der Waals surface area contributed by atoms with Gasteiger partial charge in [0.25, 0.3) is 11.6 Å². The summed E-state index contributed by atoms with van der Waals surface area (Å²) >= 11 is 0. The molecule has 21 heavy (non-hydrogen) atoms. The lowest BCUT2D eigenvalue weighted by Crippen LogP contribution is -2.13. The molecule has 0 aromatic heterocycles. The second kappa shape index (κ2) is 5.58. The topological polar surface area (TPSA) is 98.3 Å². The van der Waals surface area contributed by atoms with Gasteiger partial charge < -0.3 is 11.1 Å². The fourth-order valence-corrected chi connectivity index (χ4v) is 1.74. The van der Waals surface area contributed by atoms with Crippen LogP contribution in [0.3, 0.4) is 0 Å². The normalized spacial score (nSPS) is 10.2. The summed E-state index contributed by atoms with van der Waals surface area (Å²) in [5.41, 5.74) is 6.59. The van der Waals surface area contributed by atoms with Gasteiger partial charge in [-0.3, -0.25) is 14.9 Å². The van der Waals surface area contributed by atoms with Gasteiger partial charge in [-0.2, -0.15) is 0 Å². The highest BCUT2D eigenvalue weighted by Gasteiger charge is 2.17. The zero-order valence-corrected chi connectivity index (χ0v) is 11.1. The molecule has 6 nitrogen and oxygen atoms in total. The summed E-state index contributed by atoms with van der Waals surface area (Å²) < 4.78 is 13.2. The van der Waals surface area contributed by atoms with Gasteiger partial charge in [0.05, 0.1) is 4.92 Å². The molecule has 108 valence electrons. The number of nitrogen functional groups attached to an aromatic ring is 1. The monoisotopic (exact) mass is 289 g/mol. The van der Waals surface area contributed by atoms with Crippen LogP contribution in [0.25, 0.3) is 0 Å². The van der Waals surface area contributed by atoms with E-state index in [0.717, 1.165) is 23.8 Å². The number of amides is 1. The van der Waals surface area contributed by atoms with Crippen molar-refractivity contribution >= 4 is 23.0 Å². The number of hydrogen-bond acceptors (Lipinski definition) is 4. The summed E-state index contributed by atoms with van der Waals surface area (Å²) in [4.78, 5) is 22.2. The number of nitrogens with two attached hydrogens (primary N) is 1. The van der Waals surface area contributed by atoms with Crippen molar-refractivity contribution in [2.75, 3.05) is 11.1 Å². The number of hydrogen-bond donors (Lipinski definition) is 2. The minimum Gasteiger partial charge on any atom is -0.398 e. The van der Waals surface area contributed by atoms with Crippen molar-refractivity contribution in [3.63, 3.8) is 0 Å². The number of nitro benzene ring substituents is 1. The van der Waals surface area contributed by atoms with E-state index in [1.807, 2.05) is 0 Å². The van der Waals surface area contributed by atoms with E-state index in [4.69, 9.17) is 5.73 Å². The average Bonchev–Trinajstić information content (AvgIpc) is 2.41. The summed E-state index contributed by atoms with van der Waals surface area (Å²) in [6.07, 6.45) is 0. The maximum absolute atomic E-state index is 13.2. The molecule has 0 heterocycles. The third-order valence-corrected chi connectivity index (χ3v) is 2.94. The van der Waals surface area contributed by atoms with Gasteiger partial charge in [0.15, 0.2) is 0 Å². The van der Waals surface area contributed by atoms with Crippen LogP contribution in [0.4, 0.5) is 21.5 Å². The maximum Gasteiger partial charge on any atom is 0.292 e. The fraction of sp³-hybridized carbons (Fsp3) is 0.0714. The lowest BCUT2D eigenvalue weighted by atomic mass is 10.1. The lowest BCUT2D eigenvalue weighted by molar-refractivity contribution is -0.384. The Morgan fingerprint density at radius 1 is 1.29 bits per heavy atom. The average molecular weight is 289 g/mol. The zero-order chi connectivity index (χ0) is 15.6. The number of nitrogens with one attached hydrogen (secondary N) is 1. The molecule has 0 aliphatic carbocycles. The van der Waals surface area contributed by atoms with Gasteiger partial charge in [-0.15, -0.1) is 0 Å². The van der Waals surface area contributed by atoms with Crippen molar-refractivity contribution in [2.45, 2.75) is 6.92 Å². The minimum absolute atomic E-state index is 0.204. The van der Waals surface area contributed by atoms with Gasteiger partial charge in [0.2, 0.25) is 0 Å². The number of carbonyl (C=O) groups is 1.